The summed E-state index contributed by atoms with van der Waals surface area (Å²) in [7, 11) is 1.62. The van der Waals surface area contributed by atoms with Gasteiger partial charge >= 0.3 is 0 Å². The van der Waals surface area contributed by atoms with Crippen molar-refractivity contribution in [3.8, 4) is 5.75 Å². The molecule has 0 aliphatic rings. The summed E-state index contributed by atoms with van der Waals surface area (Å²) in [5, 5.41) is 0.646. The average Bonchev–Trinajstić information content (AvgIpc) is 2.37. The van der Waals surface area contributed by atoms with E-state index in [1.165, 1.54) is 12.1 Å². The van der Waals surface area contributed by atoms with E-state index in [1.807, 2.05) is 25.1 Å². The summed E-state index contributed by atoms with van der Waals surface area (Å²) in [4.78, 5) is 0. The van der Waals surface area contributed by atoms with Crippen molar-refractivity contribution in [3.63, 3.8) is 0 Å². The zero-order valence-corrected chi connectivity index (χ0v) is 13.0. The molecule has 2 aromatic carbocycles. The summed E-state index contributed by atoms with van der Waals surface area (Å²) in [5.41, 5.74) is 7.69. The molecule has 0 amide bonds. The van der Waals surface area contributed by atoms with Gasteiger partial charge in [0.1, 0.15) is 11.6 Å². The van der Waals surface area contributed by atoms with Crippen molar-refractivity contribution in [2.75, 3.05) is 7.11 Å². The fourth-order valence-electron chi connectivity index (χ4n) is 2.50. The molecule has 2 N–H and O–H groups in total. The lowest BCUT2D eigenvalue weighted by atomic mass is 9.87. The number of hydrogen-bond acceptors (Lipinski definition) is 2. The van der Waals surface area contributed by atoms with Crippen molar-refractivity contribution in [3.05, 3.63) is 64.4 Å². The summed E-state index contributed by atoms with van der Waals surface area (Å²) in [6.45, 7) is 1.94. The highest BCUT2D eigenvalue weighted by molar-refractivity contribution is 6.30. The predicted molar refractivity (Wildman–Crippen MR) is 84.4 cm³/mol. The molecule has 0 spiro atoms. The van der Waals surface area contributed by atoms with E-state index >= 15 is 0 Å². The average molecular weight is 308 g/mol. The number of halogens is 2. The van der Waals surface area contributed by atoms with Crippen molar-refractivity contribution in [2.45, 2.75) is 25.3 Å². The van der Waals surface area contributed by atoms with Crippen molar-refractivity contribution >= 4 is 11.6 Å². The van der Waals surface area contributed by atoms with Crippen LogP contribution in [-0.4, -0.2) is 12.6 Å². The molecule has 2 nitrogen and oxygen atoms in total. The van der Waals surface area contributed by atoms with E-state index in [2.05, 4.69) is 0 Å². The number of ether oxygens (including phenoxy) is 1. The fourth-order valence-corrected chi connectivity index (χ4v) is 2.69. The topological polar surface area (TPSA) is 35.2 Å². The third-order valence-electron chi connectivity index (χ3n) is 3.33. The molecule has 0 aliphatic carbocycles. The van der Waals surface area contributed by atoms with Gasteiger partial charge in [-0.05, 0) is 61.2 Å². The van der Waals surface area contributed by atoms with Crippen molar-refractivity contribution in [1.82, 2.24) is 0 Å². The van der Waals surface area contributed by atoms with Crippen LogP contribution < -0.4 is 10.5 Å². The van der Waals surface area contributed by atoms with Crippen LogP contribution in [0.1, 0.15) is 18.1 Å². The van der Waals surface area contributed by atoms with Gasteiger partial charge in [-0.15, -0.1) is 0 Å². The standard InChI is InChI=1S/C17H19ClFNO/c1-17(20,10-12-4-3-5-15(19)8-12)11-13-9-14(18)6-7-16(13)21-2/h3-9H,10-11,20H2,1-2H3. The summed E-state index contributed by atoms with van der Waals surface area (Å²) >= 11 is 6.04. The highest BCUT2D eigenvalue weighted by Crippen LogP contribution is 2.27. The maximum absolute atomic E-state index is 13.3. The molecule has 1 unspecified atom stereocenters. The third kappa shape index (κ3) is 4.45. The Balaban J connectivity index is 2.19. The zero-order valence-electron chi connectivity index (χ0n) is 12.2. The summed E-state index contributed by atoms with van der Waals surface area (Å²) in [5.74, 6) is 0.513. The maximum atomic E-state index is 13.3. The van der Waals surface area contributed by atoms with Gasteiger partial charge in [-0.25, -0.2) is 4.39 Å². The predicted octanol–water partition coefficient (Wildman–Crippen LogP) is 3.99. The highest BCUT2D eigenvalue weighted by atomic mass is 35.5. The number of benzene rings is 2. The summed E-state index contributed by atoms with van der Waals surface area (Å²) in [6.07, 6.45) is 1.16. The van der Waals surface area contributed by atoms with Crippen LogP contribution in [0.25, 0.3) is 0 Å². The largest absolute Gasteiger partial charge is 0.496 e. The Morgan fingerprint density at radius 2 is 1.95 bits per heavy atom. The van der Waals surface area contributed by atoms with Crippen molar-refractivity contribution in [1.29, 1.82) is 0 Å². The lowest BCUT2D eigenvalue weighted by Crippen LogP contribution is -2.41. The van der Waals surface area contributed by atoms with Gasteiger partial charge in [-0.3, -0.25) is 0 Å². The minimum Gasteiger partial charge on any atom is -0.496 e. The minimum atomic E-state index is -0.522. The Bertz CT molecular complexity index is 628. The first-order valence-electron chi connectivity index (χ1n) is 6.75. The van der Waals surface area contributed by atoms with Crippen LogP contribution in [0.4, 0.5) is 4.39 Å². The van der Waals surface area contributed by atoms with Gasteiger partial charge < -0.3 is 10.5 Å². The highest BCUT2D eigenvalue weighted by Gasteiger charge is 2.22. The van der Waals surface area contributed by atoms with Gasteiger partial charge in [0.25, 0.3) is 0 Å². The second-order valence-corrected chi connectivity index (χ2v) is 6.03. The molecule has 2 aromatic rings. The molecule has 21 heavy (non-hydrogen) atoms. The van der Waals surface area contributed by atoms with E-state index in [4.69, 9.17) is 22.1 Å². The monoisotopic (exact) mass is 307 g/mol. The lowest BCUT2D eigenvalue weighted by Gasteiger charge is -2.26. The number of methoxy groups -OCH3 is 1. The van der Waals surface area contributed by atoms with Gasteiger partial charge in [-0.2, -0.15) is 0 Å². The van der Waals surface area contributed by atoms with E-state index in [0.717, 1.165) is 16.9 Å². The van der Waals surface area contributed by atoms with Gasteiger partial charge in [0.2, 0.25) is 0 Å². The smallest absolute Gasteiger partial charge is 0.123 e. The second kappa shape index (κ2) is 6.46. The van der Waals surface area contributed by atoms with Crippen molar-refractivity contribution < 1.29 is 9.13 Å². The van der Waals surface area contributed by atoms with Crippen LogP contribution in [0.3, 0.4) is 0 Å². The van der Waals surface area contributed by atoms with Crippen LogP contribution in [0, 0.1) is 5.82 Å². The normalized spacial score (nSPS) is 13.8. The molecule has 0 heterocycles. The molecular weight excluding hydrogens is 289 g/mol. The maximum Gasteiger partial charge on any atom is 0.123 e. The quantitative estimate of drug-likeness (QED) is 0.906. The minimum absolute atomic E-state index is 0.247. The zero-order chi connectivity index (χ0) is 15.5. The Hall–Kier alpha value is -1.58. The van der Waals surface area contributed by atoms with E-state index < -0.39 is 5.54 Å². The van der Waals surface area contributed by atoms with E-state index in [0.29, 0.717) is 17.9 Å². The number of hydrogen-bond donors (Lipinski definition) is 1. The van der Waals surface area contributed by atoms with E-state index in [-0.39, 0.29) is 5.82 Å². The van der Waals surface area contributed by atoms with Gasteiger partial charge in [0.15, 0.2) is 0 Å². The molecule has 112 valence electrons. The number of rotatable bonds is 5. The van der Waals surface area contributed by atoms with E-state index in [1.54, 1.807) is 19.2 Å². The molecule has 4 heteroatoms. The van der Waals surface area contributed by atoms with Gasteiger partial charge in [-0.1, -0.05) is 23.7 Å². The molecule has 2 rings (SSSR count). The van der Waals surface area contributed by atoms with Crippen molar-refractivity contribution in [2.24, 2.45) is 5.73 Å². The Labute approximate surface area is 129 Å². The second-order valence-electron chi connectivity index (χ2n) is 5.59. The Kier molecular flexibility index (Phi) is 4.86. The first kappa shape index (κ1) is 15.8. The molecule has 0 radical (unpaired) electrons. The van der Waals surface area contributed by atoms with E-state index in [9.17, 15) is 4.39 Å². The summed E-state index contributed by atoms with van der Waals surface area (Å²) in [6, 6.07) is 12.0. The van der Waals surface area contributed by atoms with Crippen LogP contribution in [0.2, 0.25) is 5.02 Å². The molecule has 0 saturated heterocycles. The Morgan fingerprint density at radius 3 is 2.62 bits per heavy atom. The number of nitrogens with two attached hydrogens (primary N) is 1. The van der Waals surface area contributed by atoms with Crippen LogP contribution in [-0.2, 0) is 12.8 Å². The SMILES string of the molecule is COc1ccc(Cl)cc1CC(C)(N)Cc1cccc(F)c1. The molecule has 0 aromatic heterocycles. The molecule has 1 atom stereocenters. The first-order chi connectivity index (χ1) is 9.89. The molecular formula is C17H19ClFNO. The molecule has 0 fully saturated rings. The molecule has 0 saturated carbocycles. The van der Waals surface area contributed by atoms with Gasteiger partial charge in [0.05, 0.1) is 7.11 Å². The fraction of sp³-hybridized carbons (Fsp3) is 0.294. The van der Waals surface area contributed by atoms with Crippen LogP contribution >= 0.6 is 11.6 Å². The first-order valence-corrected chi connectivity index (χ1v) is 7.13. The van der Waals surface area contributed by atoms with Gasteiger partial charge in [0, 0.05) is 10.6 Å². The summed E-state index contributed by atoms with van der Waals surface area (Å²) < 4.78 is 18.6. The van der Waals surface area contributed by atoms with Crippen LogP contribution in [0.15, 0.2) is 42.5 Å². The lowest BCUT2D eigenvalue weighted by molar-refractivity contribution is 0.396. The Morgan fingerprint density at radius 1 is 1.19 bits per heavy atom. The van der Waals surface area contributed by atoms with Crippen LogP contribution in [0.5, 0.6) is 5.75 Å². The third-order valence-corrected chi connectivity index (χ3v) is 3.57. The molecule has 0 aliphatic heterocycles. The molecule has 0 bridgehead atoms.